The van der Waals surface area contributed by atoms with Crippen LogP contribution in [0.1, 0.15) is 68.7 Å². The van der Waals surface area contributed by atoms with Crippen molar-refractivity contribution < 1.29 is 0 Å². The quantitative estimate of drug-likeness (QED) is 0.758. The molecule has 2 rings (SSSR count). The monoisotopic (exact) mass is 245 g/mol. The van der Waals surface area contributed by atoms with E-state index < -0.39 is 0 Å². The second kappa shape index (κ2) is 6.94. The summed E-state index contributed by atoms with van der Waals surface area (Å²) in [6.07, 6.45) is 8.97. The van der Waals surface area contributed by atoms with Crippen LogP contribution in [-0.4, -0.2) is 6.54 Å². The molecule has 0 bridgehead atoms. The number of benzene rings is 1. The highest BCUT2D eigenvalue weighted by Gasteiger charge is 2.18. The summed E-state index contributed by atoms with van der Waals surface area (Å²) < 4.78 is 0. The van der Waals surface area contributed by atoms with E-state index in [-0.39, 0.29) is 0 Å². The highest BCUT2D eigenvalue weighted by atomic mass is 14.9. The van der Waals surface area contributed by atoms with Crippen LogP contribution in [0.5, 0.6) is 0 Å². The van der Waals surface area contributed by atoms with E-state index in [9.17, 15) is 0 Å². The predicted molar refractivity (Wildman–Crippen MR) is 79.0 cm³/mol. The lowest BCUT2D eigenvalue weighted by molar-refractivity contribution is 0.489. The summed E-state index contributed by atoms with van der Waals surface area (Å²) in [5, 5.41) is 3.74. The van der Waals surface area contributed by atoms with Gasteiger partial charge in [-0.05, 0) is 55.3 Å². The highest BCUT2D eigenvalue weighted by molar-refractivity contribution is 5.35. The van der Waals surface area contributed by atoms with Crippen molar-refractivity contribution in [2.45, 2.75) is 64.8 Å². The van der Waals surface area contributed by atoms with Gasteiger partial charge in [0.15, 0.2) is 0 Å². The zero-order valence-electron chi connectivity index (χ0n) is 12.0. The third kappa shape index (κ3) is 3.35. The number of fused-ring (bicyclic) bond motifs is 1. The molecule has 1 unspecified atom stereocenters. The van der Waals surface area contributed by atoms with Crippen LogP contribution in [0.25, 0.3) is 0 Å². The molecule has 0 fully saturated rings. The first kappa shape index (κ1) is 13.6. The maximum Gasteiger partial charge on any atom is 0.0323 e. The van der Waals surface area contributed by atoms with E-state index >= 15 is 0 Å². The van der Waals surface area contributed by atoms with Crippen molar-refractivity contribution in [2.75, 3.05) is 6.54 Å². The number of aryl methyl sites for hydroxylation is 2. The molecule has 1 atom stereocenters. The summed E-state index contributed by atoms with van der Waals surface area (Å²) >= 11 is 0. The lowest BCUT2D eigenvalue weighted by Crippen LogP contribution is -2.22. The van der Waals surface area contributed by atoms with Gasteiger partial charge in [0.05, 0.1) is 0 Å². The summed E-state index contributed by atoms with van der Waals surface area (Å²) in [6.45, 7) is 5.65. The van der Waals surface area contributed by atoms with Crippen LogP contribution in [0.4, 0.5) is 0 Å². The molecule has 0 spiro atoms. The molecule has 1 aliphatic rings. The van der Waals surface area contributed by atoms with E-state index in [2.05, 4.69) is 37.4 Å². The third-order valence-corrected chi connectivity index (χ3v) is 3.95. The van der Waals surface area contributed by atoms with Crippen molar-refractivity contribution in [3.05, 3.63) is 34.9 Å². The Morgan fingerprint density at radius 3 is 2.83 bits per heavy atom. The molecule has 1 nitrogen and oxygen atoms in total. The van der Waals surface area contributed by atoms with E-state index in [1.807, 2.05) is 0 Å². The van der Waals surface area contributed by atoms with Gasteiger partial charge in [-0.3, -0.25) is 0 Å². The van der Waals surface area contributed by atoms with Gasteiger partial charge in [0, 0.05) is 6.04 Å². The molecule has 0 aromatic heterocycles. The van der Waals surface area contributed by atoms with Gasteiger partial charge in [0.2, 0.25) is 0 Å². The zero-order chi connectivity index (χ0) is 12.8. The molecule has 0 radical (unpaired) electrons. The van der Waals surface area contributed by atoms with Crippen LogP contribution < -0.4 is 5.32 Å². The normalized spacial score (nSPS) is 19.3. The average Bonchev–Trinajstić information content (AvgIpc) is 2.59. The Bertz CT molecular complexity index is 370. The van der Waals surface area contributed by atoms with Gasteiger partial charge in [0.25, 0.3) is 0 Å². The Labute approximate surface area is 112 Å². The predicted octanol–water partition coefficient (Wildman–Crippen LogP) is 4.41. The van der Waals surface area contributed by atoms with Crippen LogP contribution >= 0.6 is 0 Å². The standard InChI is InChI=1S/C17H27N/c1-3-7-14-10-11-15-8-5-6-9-17(16(15)13-14)18-12-4-2/h10-11,13,17-18H,3-9,12H2,1-2H3. The molecule has 1 aromatic carbocycles. The summed E-state index contributed by atoms with van der Waals surface area (Å²) in [5.41, 5.74) is 4.69. The third-order valence-electron chi connectivity index (χ3n) is 3.95. The van der Waals surface area contributed by atoms with Gasteiger partial charge in [0.1, 0.15) is 0 Å². The van der Waals surface area contributed by atoms with Crippen LogP contribution in [0, 0.1) is 0 Å². The molecule has 0 saturated heterocycles. The number of hydrogen-bond acceptors (Lipinski definition) is 1. The molecule has 1 aliphatic carbocycles. The minimum atomic E-state index is 0.597. The van der Waals surface area contributed by atoms with Gasteiger partial charge in [-0.2, -0.15) is 0 Å². The fourth-order valence-corrected chi connectivity index (χ4v) is 2.99. The number of rotatable bonds is 5. The molecule has 1 aromatic rings. The maximum atomic E-state index is 3.74. The number of hydrogen-bond donors (Lipinski definition) is 1. The summed E-state index contributed by atoms with van der Waals surface area (Å²) in [4.78, 5) is 0. The molecule has 18 heavy (non-hydrogen) atoms. The molecule has 0 saturated carbocycles. The Morgan fingerprint density at radius 1 is 1.17 bits per heavy atom. The van der Waals surface area contributed by atoms with Gasteiger partial charge >= 0.3 is 0 Å². The molecule has 100 valence electrons. The second-order valence-electron chi connectivity index (χ2n) is 5.54. The lowest BCUT2D eigenvalue weighted by Gasteiger charge is -2.20. The SMILES string of the molecule is CCCNC1CCCCc2ccc(CCC)cc21. The van der Waals surface area contributed by atoms with Crippen molar-refractivity contribution >= 4 is 0 Å². The molecule has 0 heterocycles. The summed E-state index contributed by atoms with van der Waals surface area (Å²) in [5.74, 6) is 0. The minimum Gasteiger partial charge on any atom is -0.310 e. The largest absolute Gasteiger partial charge is 0.310 e. The van der Waals surface area contributed by atoms with Crippen LogP contribution in [0.3, 0.4) is 0 Å². The average molecular weight is 245 g/mol. The van der Waals surface area contributed by atoms with E-state index in [0.717, 1.165) is 6.54 Å². The molecule has 0 aliphatic heterocycles. The molecule has 0 amide bonds. The van der Waals surface area contributed by atoms with E-state index in [1.54, 1.807) is 11.1 Å². The van der Waals surface area contributed by atoms with Gasteiger partial charge in [-0.25, -0.2) is 0 Å². The fraction of sp³-hybridized carbons (Fsp3) is 0.647. The smallest absolute Gasteiger partial charge is 0.0323 e. The van der Waals surface area contributed by atoms with E-state index in [0.29, 0.717) is 6.04 Å². The lowest BCUT2D eigenvalue weighted by atomic mass is 9.95. The fourth-order valence-electron chi connectivity index (χ4n) is 2.99. The van der Waals surface area contributed by atoms with Crippen molar-refractivity contribution in [1.29, 1.82) is 0 Å². The first-order valence-corrected chi connectivity index (χ1v) is 7.70. The Balaban J connectivity index is 2.22. The number of nitrogens with one attached hydrogen (secondary N) is 1. The Kier molecular flexibility index (Phi) is 5.25. The summed E-state index contributed by atoms with van der Waals surface area (Å²) in [7, 11) is 0. The van der Waals surface area contributed by atoms with Crippen LogP contribution in [-0.2, 0) is 12.8 Å². The van der Waals surface area contributed by atoms with Crippen molar-refractivity contribution in [3.8, 4) is 0 Å². The van der Waals surface area contributed by atoms with E-state index in [1.165, 1.54) is 50.5 Å². The summed E-state index contributed by atoms with van der Waals surface area (Å²) in [6, 6.07) is 7.79. The Hall–Kier alpha value is -0.820. The van der Waals surface area contributed by atoms with Crippen molar-refractivity contribution in [1.82, 2.24) is 5.32 Å². The maximum absolute atomic E-state index is 3.74. The second-order valence-corrected chi connectivity index (χ2v) is 5.54. The molecular weight excluding hydrogens is 218 g/mol. The van der Waals surface area contributed by atoms with E-state index in [4.69, 9.17) is 0 Å². The minimum absolute atomic E-state index is 0.597. The first-order valence-electron chi connectivity index (χ1n) is 7.70. The first-order chi connectivity index (χ1) is 8.85. The molecule has 1 N–H and O–H groups in total. The van der Waals surface area contributed by atoms with Gasteiger partial charge in [-0.15, -0.1) is 0 Å². The topological polar surface area (TPSA) is 12.0 Å². The van der Waals surface area contributed by atoms with Crippen LogP contribution in [0.15, 0.2) is 18.2 Å². The molecule has 1 heteroatoms. The van der Waals surface area contributed by atoms with Crippen molar-refractivity contribution in [2.24, 2.45) is 0 Å². The molecular formula is C17H27N. The van der Waals surface area contributed by atoms with Gasteiger partial charge in [-0.1, -0.05) is 44.9 Å². The van der Waals surface area contributed by atoms with Gasteiger partial charge < -0.3 is 5.32 Å². The highest BCUT2D eigenvalue weighted by Crippen LogP contribution is 2.29. The Morgan fingerprint density at radius 2 is 2.06 bits per heavy atom. The van der Waals surface area contributed by atoms with Crippen LogP contribution in [0.2, 0.25) is 0 Å². The van der Waals surface area contributed by atoms with Crippen molar-refractivity contribution in [3.63, 3.8) is 0 Å². The zero-order valence-corrected chi connectivity index (χ0v) is 12.0.